The number of aromatic nitrogens is 2. The predicted molar refractivity (Wildman–Crippen MR) is 68.5 cm³/mol. The number of benzene rings is 2. The van der Waals surface area contributed by atoms with Crippen LogP contribution in [-0.2, 0) is 7.05 Å². The summed E-state index contributed by atoms with van der Waals surface area (Å²) in [4.78, 5) is 12.2. The van der Waals surface area contributed by atoms with E-state index in [4.69, 9.17) is 0 Å². The highest BCUT2D eigenvalue weighted by molar-refractivity contribution is 5.77. The largest absolute Gasteiger partial charge is 0.333 e. The summed E-state index contributed by atoms with van der Waals surface area (Å²) in [5.74, 6) is 0. The second-order valence-corrected chi connectivity index (χ2v) is 4.00. The summed E-state index contributed by atoms with van der Waals surface area (Å²) in [7, 11) is 1.80. The van der Waals surface area contributed by atoms with E-state index < -0.39 is 0 Å². The summed E-state index contributed by atoms with van der Waals surface area (Å²) in [6, 6.07) is 17.5. The molecule has 0 saturated heterocycles. The molecule has 0 unspecified atom stereocenters. The molecule has 0 aliphatic carbocycles. The van der Waals surface area contributed by atoms with E-state index in [-0.39, 0.29) is 5.69 Å². The van der Waals surface area contributed by atoms with Gasteiger partial charge < -0.3 is 0 Å². The van der Waals surface area contributed by atoms with Crippen molar-refractivity contribution >= 4 is 11.0 Å². The highest BCUT2D eigenvalue weighted by Gasteiger charge is 2.10. The first-order valence-electron chi connectivity index (χ1n) is 5.51. The van der Waals surface area contributed by atoms with Crippen LogP contribution in [0.15, 0.2) is 59.4 Å². The van der Waals surface area contributed by atoms with Crippen molar-refractivity contribution in [2.24, 2.45) is 7.05 Å². The van der Waals surface area contributed by atoms with E-state index in [1.54, 1.807) is 16.2 Å². The molecule has 2 aromatic carbocycles. The van der Waals surface area contributed by atoms with Crippen LogP contribution in [-0.4, -0.2) is 9.13 Å². The van der Waals surface area contributed by atoms with Gasteiger partial charge in [0.05, 0.1) is 16.7 Å². The van der Waals surface area contributed by atoms with Gasteiger partial charge in [-0.2, -0.15) is 0 Å². The fourth-order valence-corrected chi connectivity index (χ4v) is 2.12. The molecule has 84 valence electrons. The Morgan fingerprint density at radius 1 is 0.824 bits per heavy atom. The molecular weight excluding hydrogens is 212 g/mol. The monoisotopic (exact) mass is 224 g/mol. The van der Waals surface area contributed by atoms with Crippen molar-refractivity contribution in [3.63, 3.8) is 0 Å². The van der Waals surface area contributed by atoms with Crippen LogP contribution < -0.4 is 5.69 Å². The van der Waals surface area contributed by atoms with E-state index in [1.165, 1.54) is 0 Å². The summed E-state index contributed by atoms with van der Waals surface area (Å²) >= 11 is 0. The Kier molecular flexibility index (Phi) is 2.11. The molecule has 3 rings (SSSR count). The summed E-state index contributed by atoms with van der Waals surface area (Å²) in [6.07, 6.45) is 0. The Labute approximate surface area is 98.5 Å². The highest BCUT2D eigenvalue weighted by atomic mass is 16.1. The van der Waals surface area contributed by atoms with Crippen molar-refractivity contribution in [1.29, 1.82) is 0 Å². The van der Waals surface area contributed by atoms with Gasteiger partial charge in [-0.15, -0.1) is 0 Å². The molecule has 1 heterocycles. The molecule has 3 nitrogen and oxygen atoms in total. The number of hydrogen-bond acceptors (Lipinski definition) is 1. The summed E-state index contributed by atoms with van der Waals surface area (Å²) in [5.41, 5.74) is 2.76. The number of hydrogen-bond donors (Lipinski definition) is 0. The van der Waals surface area contributed by atoms with E-state index in [0.29, 0.717) is 0 Å². The molecule has 0 spiro atoms. The second-order valence-electron chi connectivity index (χ2n) is 4.00. The minimum atomic E-state index is -0.0163. The van der Waals surface area contributed by atoms with Crippen molar-refractivity contribution in [1.82, 2.24) is 9.13 Å². The third kappa shape index (κ3) is 1.40. The molecule has 3 aromatic rings. The van der Waals surface area contributed by atoms with E-state index in [1.807, 2.05) is 54.6 Å². The molecule has 0 saturated carbocycles. The van der Waals surface area contributed by atoms with Gasteiger partial charge in [0.1, 0.15) is 0 Å². The number of imidazole rings is 1. The molecule has 0 atom stereocenters. The quantitative estimate of drug-likeness (QED) is 0.623. The lowest BCUT2D eigenvalue weighted by Crippen LogP contribution is -2.20. The van der Waals surface area contributed by atoms with Crippen LogP contribution in [0.1, 0.15) is 0 Å². The first-order chi connectivity index (χ1) is 8.29. The number of nitrogens with zero attached hydrogens (tertiary/aromatic N) is 2. The van der Waals surface area contributed by atoms with Crippen molar-refractivity contribution in [2.75, 3.05) is 0 Å². The van der Waals surface area contributed by atoms with Gasteiger partial charge in [0.2, 0.25) is 0 Å². The third-order valence-corrected chi connectivity index (χ3v) is 2.98. The maximum Gasteiger partial charge on any atom is 0.333 e. The molecule has 1 aromatic heterocycles. The molecular formula is C14H12N2O. The van der Waals surface area contributed by atoms with Crippen molar-refractivity contribution < 1.29 is 0 Å². The Morgan fingerprint density at radius 3 is 2.12 bits per heavy atom. The third-order valence-electron chi connectivity index (χ3n) is 2.98. The molecule has 17 heavy (non-hydrogen) atoms. The molecule has 0 aliphatic heterocycles. The van der Waals surface area contributed by atoms with Crippen LogP contribution in [0.4, 0.5) is 0 Å². The Balaban J connectivity index is 2.45. The van der Waals surface area contributed by atoms with Crippen LogP contribution in [0, 0.1) is 0 Å². The van der Waals surface area contributed by atoms with Crippen LogP contribution in [0.3, 0.4) is 0 Å². The zero-order valence-electron chi connectivity index (χ0n) is 9.50. The molecule has 3 heteroatoms. The number of rotatable bonds is 1. The van der Waals surface area contributed by atoms with Gasteiger partial charge in [-0.05, 0) is 24.3 Å². The first-order valence-corrected chi connectivity index (χ1v) is 5.51. The average molecular weight is 224 g/mol. The van der Waals surface area contributed by atoms with Gasteiger partial charge in [-0.25, -0.2) is 4.79 Å². The van der Waals surface area contributed by atoms with E-state index >= 15 is 0 Å². The van der Waals surface area contributed by atoms with Gasteiger partial charge in [0.15, 0.2) is 0 Å². The van der Waals surface area contributed by atoms with Crippen LogP contribution in [0.2, 0.25) is 0 Å². The highest BCUT2D eigenvalue weighted by Crippen LogP contribution is 2.16. The standard InChI is InChI=1S/C14H12N2O/c1-15-12-9-5-6-10-13(12)16(14(15)17)11-7-3-2-4-8-11/h2-10H,1H3. The number of para-hydroxylation sites is 3. The molecule has 0 aliphatic rings. The van der Waals surface area contributed by atoms with Crippen molar-refractivity contribution in [2.45, 2.75) is 0 Å². The van der Waals surface area contributed by atoms with Crippen LogP contribution >= 0.6 is 0 Å². The van der Waals surface area contributed by atoms with Gasteiger partial charge >= 0.3 is 5.69 Å². The zero-order chi connectivity index (χ0) is 11.8. The Bertz CT molecular complexity index is 723. The lowest BCUT2D eigenvalue weighted by molar-refractivity contribution is 0.846. The van der Waals surface area contributed by atoms with Crippen molar-refractivity contribution in [3.8, 4) is 5.69 Å². The molecule has 0 bridgehead atoms. The Morgan fingerprint density at radius 2 is 1.41 bits per heavy atom. The minimum Gasteiger partial charge on any atom is -0.295 e. The summed E-state index contributed by atoms with van der Waals surface area (Å²) in [5, 5.41) is 0. The Hall–Kier alpha value is -2.29. The van der Waals surface area contributed by atoms with Gasteiger partial charge in [-0.1, -0.05) is 30.3 Å². The summed E-state index contributed by atoms with van der Waals surface area (Å²) < 4.78 is 3.40. The fourth-order valence-electron chi connectivity index (χ4n) is 2.12. The van der Waals surface area contributed by atoms with Crippen molar-refractivity contribution in [3.05, 3.63) is 65.1 Å². The summed E-state index contributed by atoms with van der Waals surface area (Å²) in [6.45, 7) is 0. The number of aryl methyl sites for hydroxylation is 1. The number of fused-ring (bicyclic) bond motifs is 1. The second kappa shape index (κ2) is 3.63. The predicted octanol–water partition coefficient (Wildman–Crippen LogP) is 2.33. The zero-order valence-corrected chi connectivity index (χ0v) is 9.50. The maximum atomic E-state index is 12.2. The smallest absolute Gasteiger partial charge is 0.295 e. The van der Waals surface area contributed by atoms with Gasteiger partial charge in [0, 0.05) is 7.05 Å². The minimum absolute atomic E-state index is 0.0163. The fraction of sp³-hybridized carbons (Fsp3) is 0.0714. The van der Waals surface area contributed by atoms with Gasteiger partial charge in [0.25, 0.3) is 0 Å². The lowest BCUT2D eigenvalue weighted by Gasteiger charge is -2.01. The molecule has 0 fully saturated rings. The lowest BCUT2D eigenvalue weighted by atomic mass is 10.3. The topological polar surface area (TPSA) is 26.9 Å². The normalized spacial score (nSPS) is 10.9. The van der Waals surface area contributed by atoms with Gasteiger partial charge in [-0.3, -0.25) is 9.13 Å². The molecule has 0 amide bonds. The van der Waals surface area contributed by atoms with Crippen LogP contribution in [0.5, 0.6) is 0 Å². The SMILES string of the molecule is Cn1c(=O)n(-c2ccccc2)c2ccccc21. The van der Waals surface area contributed by atoms with E-state index in [2.05, 4.69) is 0 Å². The van der Waals surface area contributed by atoms with Crippen LogP contribution in [0.25, 0.3) is 16.7 Å². The first kappa shape index (κ1) is 9.90. The molecule has 0 radical (unpaired) electrons. The van der Waals surface area contributed by atoms with E-state index in [0.717, 1.165) is 16.7 Å². The average Bonchev–Trinajstić information content (AvgIpc) is 2.64. The van der Waals surface area contributed by atoms with E-state index in [9.17, 15) is 4.79 Å². The molecule has 0 N–H and O–H groups in total. The maximum absolute atomic E-state index is 12.2.